The number of amides is 1. The van der Waals surface area contributed by atoms with Crippen LogP contribution in [0.4, 0.5) is 0 Å². The van der Waals surface area contributed by atoms with Crippen LogP contribution < -0.4 is 10.7 Å². The highest BCUT2D eigenvalue weighted by molar-refractivity contribution is 5.97. The van der Waals surface area contributed by atoms with E-state index < -0.39 is 17.0 Å². The van der Waals surface area contributed by atoms with Crippen LogP contribution in [0.25, 0.3) is 21.9 Å². The maximum Gasteiger partial charge on any atom is 0.340 e. The molecule has 0 spiro atoms. The van der Waals surface area contributed by atoms with Crippen LogP contribution >= 0.6 is 0 Å². The molecule has 0 saturated carbocycles. The maximum atomic E-state index is 13.3. The van der Waals surface area contributed by atoms with Crippen molar-refractivity contribution in [3.05, 3.63) is 80.9 Å². The molecule has 0 N–H and O–H groups in total. The van der Waals surface area contributed by atoms with Gasteiger partial charge in [0.2, 0.25) is 5.91 Å². The highest BCUT2D eigenvalue weighted by Crippen LogP contribution is 2.37. The standard InChI is InChI=1S/C30H29NO6/c1-18-21-15-23-20-9-5-6-10-24(20)36-26(23)17-25(21)37-28(33)22(18)16-27(32)31-13-11-30(12-14-31,29(34)35)19-7-3-2-4-8-19/h2-4,7-8,15,17H,5-6,9-14,16H2,1H3,(H,34,35)/p-1. The maximum absolute atomic E-state index is 13.3. The quantitative estimate of drug-likeness (QED) is 0.399. The molecule has 0 bridgehead atoms. The Morgan fingerprint density at radius 3 is 2.41 bits per heavy atom. The van der Waals surface area contributed by atoms with Crippen molar-refractivity contribution in [2.75, 3.05) is 13.1 Å². The number of aryl methyl sites for hydroxylation is 3. The van der Waals surface area contributed by atoms with E-state index in [-0.39, 0.29) is 38.3 Å². The van der Waals surface area contributed by atoms with Gasteiger partial charge in [0.15, 0.2) is 0 Å². The van der Waals surface area contributed by atoms with Gasteiger partial charge in [0.1, 0.15) is 16.9 Å². The number of rotatable bonds is 4. The molecule has 1 amide bonds. The fourth-order valence-corrected chi connectivity index (χ4v) is 6.12. The van der Waals surface area contributed by atoms with Crippen LogP contribution in [0.2, 0.25) is 0 Å². The third-order valence-electron chi connectivity index (χ3n) is 8.38. The lowest BCUT2D eigenvalue weighted by Gasteiger charge is -2.43. The molecule has 0 unspecified atom stereocenters. The van der Waals surface area contributed by atoms with E-state index >= 15 is 0 Å². The van der Waals surface area contributed by atoms with Crippen molar-refractivity contribution in [1.82, 2.24) is 4.90 Å². The van der Waals surface area contributed by atoms with Gasteiger partial charge in [0.25, 0.3) is 0 Å². The van der Waals surface area contributed by atoms with Gasteiger partial charge in [-0.1, -0.05) is 30.3 Å². The van der Waals surface area contributed by atoms with Crippen LogP contribution in [-0.4, -0.2) is 29.9 Å². The minimum atomic E-state index is -1.12. The normalized spacial score (nSPS) is 17.2. The topological polar surface area (TPSA) is 104 Å². The molecule has 1 aliphatic heterocycles. The molecule has 0 radical (unpaired) electrons. The summed E-state index contributed by atoms with van der Waals surface area (Å²) in [4.78, 5) is 40.0. The van der Waals surface area contributed by atoms with Gasteiger partial charge in [-0.2, -0.15) is 0 Å². The summed E-state index contributed by atoms with van der Waals surface area (Å²) in [5, 5.41) is 14.0. The van der Waals surface area contributed by atoms with Crippen molar-refractivity contribution < 1.29 is 23.5 Å². The Balaban J connectivity index is 1.27. The fraction of sp³-hybridized carbons (Fsp3) is 0.367. The lowest BCUT2D eigenvalue weighted by Crippen LogP contribution is -2.54. The van der Waals surface area contributed by atoms with Crippen molar-refractivity contribution in [2.45, 2.75) is 57.3 Å². The number of benzene rings is 2. The van der Waals surface area contributed by atoms with Crippen molar-refractivity contribution in [3.8, 4) is 0 Å². The Kier molecular flexibility index (Phi) is 5.66. The number of piperidine rings is 1. The van der Waals surface area contributed by atoms with Crippen molar-refractivity contribution in [3.63, 3.8) is 0 Å². The van der Waals surface area contributed by atoms with E-state index in [2.05, 4.69) is 0 Å². The summed E-state index contributed by atoms with van der Waals surface area (Å²) in [7, 11) is 0. The second kappa shape index (κ2) is 8.91. The Labute approximate surface area is 213 Å². The number of carboxylic acid groups (broad SMARTS) is 1. The van der Waals surface area contributed by atoms with E-state index in [9.17, 15) is 19.5 Å². The molecule has 1 aliphatic carbocycles. The van der Waals surface area contributed by atoms with Crippen molar-refractivity contribution in [2.24, 2.45) is 0 Å². The monoisotopic (exact) mass is 498 g/mol. The lowest BCUT2D eigenvalue weighted by atomic mass is 9.73. The van der Waals surface area contributed by atoms with Crippen LogP contribution in [0, 0.1) is 6.92 Å². The molecule has 1 saturated heterocycles. The number of carbonyl (C=O) groups is 2. The second-order valence-electron chi connectivity index (χ2n) is 10.3. The predicted octanol–water partition coefficient (Wildman–Crippen LogP) is 3.58. The molecule has 7 nitrogen and oxygen atoms in total. The molecule has 6 rings (SSSR count). The Morgan fingerprint density at radius 2 is 1.68 bits per heavy atom. The summed E-state index contributed by atoms with van der Waals surface area (Å²) in [6.07, 6.45) is 4.57. The zero-order valence-electron chi connectivity index (χ0n) is 20.8. The van der Waals surface area contributed by atoms with E-state index in [1.54, 1.807) is 23.1 Å². The van der Waals surface area contributed by atoms with Gasteiger partial charge >= 0.3 is 5.63 Å². The highest BCUT2D eigenvalue weighted by atomic mass is 16.4. The average Bonchev–Trinajstić information content (AvgIpc) is 3.28. The molecule has 37 heavy (non-hydrogen) atoms. The molecule has 190 valence electrons. The molecule has 7 heteroatoms. The zero-order valence-corrected chi connectivity index (χ0v) is 20.8. The summed E-state index contributed by atoms with van der Waals surface area (Å²) in [5.41, 5.74) is 2.54. The third-order valence-corrected chi connectivity index (χ3v) is 8.38. The first-order valence-corrected chi connectivity index (χ1v) is 12.9. The summed E-state index contributed by atoms with van der Waals surface area (Å²) >= 11 is 0. The highest BCUT2D eigenvalue weighted by Gasteiger charge is 2.39. The van der Waals surface area contributed by atoms with Crippen molar-refractivity contribution >= 4 is 33.8 Å². The smallest absolute Gasteiger partial charge is 0.340 e. The number of hydrogen-bond acceptors (Lipinski definition) is 6. The predicted molar refractivity (Wildman–Crippen MR) is 136 cm³/mol. The van der Waals surface area contributed by atoms with Crippen LogP contribution in [0.5, 0.6) is 0 Å². The number of nitrogens with zero attached hydrogens (tertiary/aromatic N) is 1. The van der Waals surface area contributed by atoms with Gasteiger partial charge in [-0.25, -0.2) is 4.79 Å². The number of fused-ring (bicyclic) bond motifs is 4. The first kappa shape index (κ1) is 23.5. The van der Waals surface area contributed by atoms with E-state index in [4.69, 9.17) is 8.83 Å². The fourth-order valence-electron chi connectivity index (χ4n) is 6.12. The van der Waals surface area contributed by atoms with Crippen LogP contribution in [-0.2, 0) is 34.3 Å². The van der Waals surface area contributed by atoms with Gasteiger partial charge in [0, 0.05) is 47.3 Å². The first-order valence-electron chi connectivity index (χ1n) is 12.9. The number of aliphatic carboxylic acids is 1. The largest absolute Gasteiger partial charge is 0.549 e. The summed E-state index contributed by atoms with van der Waals surface area (Å²) < 4.78 is 11.7. The van der Waals surface area contributed by atoms with Crippen LogP contribution in [0.3, 0.4) is 0 Å². The summed E-state index contributed by atoms with van der Waals surface area (Å²) in [6.45, 7) is 2.41. The number of furan rings is 1. The molecule has 4 aromatic rings. The molecule has 2 aromatic heterocycles. The van der Waals surface area contributed by atoms with Crippen LogP contribution in [0.1, 0.15) is 53.7 Å². The lowest BCUT2D eigenvalue weighted by molar-refractivity contribution is -0.315. The molecular weight excluding hydrogens is 470 g/mol. The van der Waals surface area contributed by atoms with Gasteiger partial charge in [-0.3, -0.25) is 4.79 Å². The Bertz CT molecular complexity index is 1590. The van der Waals surface area contributed by atoms with E-state index in [1.807, 2.05) is 31.2 Å². The van der Waals surface area contributed by atoms with Gasteiger partial charge in [0.05, 0.1) is 18.0 Å². The average molecular weight is 499 g/mol. The minimum absolute atomic E-state index is 0.0880. The molecule has 2 aromatic carbocycles. The van der Waals surface area contributed by atoms with E-state index in [1.165, 1.54) is 5.56 Å². The van der Waals surface area contributed by atoms with E-state index in [0.29, 0.717) is 16.7 Å². The second-order valence-corrected chi connectivity index (χ2v) is 10.3. The summed E-state index contributed by atoms with van der Waals surface area (Å²) in [6, 6.07) is 12.9. The molecule has 2 aliphatic rings. The van der Waals surface area contributed by atoms with Crippen molar-refractivity contribution in [1.29, 1.82) is 0 Å². The number of carbonyl (C=O) groups excluding carboxylic acids is 2. The Morgan fingerprint density at radius 1 is 0.973 bits per heavy atom. The molecule has 3 heterocycles. The van der Waals surface area contributed by atoms with Gasteiger partial charge in [-0.05, 0) is 56.2 Å². The minimum Gasteiger partial charge on any atom is -0.549 e. The molecule has 0 atom stereocenters. The zero-order chi connectivity index (χ0) is 25.7. The van der Waals surface area contributed by atoms with Gasteiger partial charge < -0.3 is 23.6 Å². The number of likely N-dealkylation sites (tertiary alicyclic amines) is 1. The molecular formula is C30H28NO6-. The Hall–Kier alpha value is -3.87. The first-order chi connectivity index (χ1) is 17.9. The number of hydrogen-bond donors (Lipinski definition) is 0. The SMILES string of the molecule is Cc1c(CC(=O)N2CCC(C(=O)[O-])(c3ccccc3)CC2)c(=O)oc2cc3oc4c(c3cc12)CCCC4. The van der Waals surface area contributed by atoms with E-state index in [0.717, 1.165) is 53.4 Å². The number of carboxylic acids is 1. The molecule has 1 fully saturated rings. The van der Waals surface area contributed by atoms with Crippen LogP contribution in [0.15, 0.2) is 56.1 Å². The summed E-state index contributed by atoms with van der Waals surface area (Å²) in [5.74, 6) is -0.318. The van der Waals surface area contributed by atoms with Gasteiger partial charge in [-0.15, -0.1) is 0 Å². The third kappa shape index (κ3) is 3.84.